The Morgan fingerprint density at radius 1 is 1.24 bits per heavy atom. The average molecular weight is 423 g/mol. The van der Waals surface area contributed by atoms with Crippen molar-refractivity contribution < 1.29 is 17.9 Å². The molecule has 10 nitrogen and oxygen atoms in total. The predicted octanol–water partition coefficient (Wildman–Crippen LogP) is -0.460. The van der Waals surface area contributed by atoms with Gasteiger partial charge in [-0.05, 0) is 18.6 Å². The van der Waals surface area contributed by atoms with E-state index in [1.807, 2.05) is 0 Å². The molecule has 1 amide bonds. The molecule has 2 aromatic heterocycles. The lowest BCUT2D eigenvalue weighted by molar-refractivity contribution is 0.0383. The van der Waals surface area contributed by atoms with Crippen LogP contribution in [0.15, 0.2) is 18.3 Å². The van der Waals surface area contributed by atoms with E-state index < -0.39 is 10.0 Å². The molecule has 29 heavy (non-hydrogen) atoms. The molecule has 0 spiro atoms. The smallest absolute Gasteiger partial charge is 0.252 e. The van der Waals surface area contributed by atoms with Crippen LogP contribution in [-0.4, -0.2) is 96.9 Å². The topological polar surface area (TPSA) is 109 Å². The summed E-state index contributed by atoms with van der Waals surface area (Å²) in [4.78, 5) is 14.8. The van der Waals surface area contributed by atoms with Crippen LogP contribution in [0, 0.1) is 0 Å². The van der Waals surface area contributed by atoms with Gasteiger partial charge in [0.05, 0.1) is 25.0 Å². The summed E-state index contributed by atoms with van der Waals surface area (Å²) in [6.45, 7) is 5.46. The van der Waals surface area contributed by atoms with Gasteiger partial charge < -0.3 is 10.1 Å². The van der Waals surface area contributed by atoms with Crippen LogP contribution >= 0.6 is 0 Å². The Morgan fingerprint density at radius 2 is 2.03 bits per heavy atom. The normalized spacial score (nSPS) is 21.6. The van der Waals surface area contributed by atoms with Crippen molar-refractivity contribution in [3.05, 3.63) is 29.7 Å². The van der Waals surface area contributed by atoms with E-state index in [4.69, 9.17) is 4.74 Å². The van der Waals surface area contributed by atoms with E-state index in [0.29, 0.717) is 43.1 Å². The summed E-state index contributed by atoms with van der Waals surface area (Å²) >= 11 is 0. The van der Waals surface area contributed by atoms with E-state index in [2.05, 4.69) is 20.4 Å². The summed E-state index contributed by atoms with van der Waals surface area (Å²) in [6, 6.07) is 3.49. The number of hydrogen-bond acceptors (Lipinski definition) is 7. The van der Waals surface area contributed by atoms with E-state index in [-0.39, 0.29) is 11.8 Å². The first-order valence-corrected chi connectivity index (χ1v) is 11.6. The van der Waals surface area contributed by atoms with Gasteiger partial charge in [-0.1, -0.05) is 0 Å². The van der Waals surface area contributed by atoms with Crippen molar-refractivity contribution >= 4 is 21.6 Å². The van der Waals surface area contributed by atoms with E-state index in [1.54, 1.807) is 22.7 Å². The molecule has 4 heterocycles. The fraction of sp³-hybridized carbons (Fsp3) is 0.611. The fourth-order valence-electron chi connectivity index (χ4n) is 3.82. The molecular weight excluding hydrogens is 396 g/mol. The molecule has 1 N–H and O–H groups in total. The van der Waals surface area contributed by atoms with Crippen LogP contribution in [0.3, 0.4) is 0 Å². The van der Waals surface area contributed by atoms with Crippen LogP contribution in [-0.2, 0) is 14.8 Å². The SMILES string of the molecule is CS(=O)(=O)N1CC[C@@H](c2nnc3ccc(C(=O)NCCN4CCOCC4)cn23)C1. The van der Waals surface area contributed by atoms with Crippen molar-refractivity contribution in [1.82, 2.24) is 29.1 Å². The number of sulfonamides is 1. The summed E-state index contributed by atoms with van der Waals surface area (Å²) in [7, 11) is -3.22. The Labute approximate surface area is 169 Å². The van der Waals surface area contributed by atoms with Crippen LogP contribution in [0.2, 0.25) is 0 Å². The highest BCUT2D eigenvalue weighted by Gasteiger charge is 2.32. The molecule has 2 aliphatic heterocycles. The van der Waals surface area contributed by atoms with Gasteiger partial charge in [0.1, 0.15) is 5.82 Å². The van der Waals surface area contributed by atoms with Crippen molar-refractivity contribution in [2.45, 2.75) is 12.3 Å². The molecule has 2 aliphatic rings. The summed E-state index contributed by atoms with van der Waals surface area (Å²) in [5.74, 6) is 0.498. The number of rotatable bonds is 6. The van der Waals surface area contributed by atoms with E-state index in [0.717, 1.165) is 32.8 Å². The standard InChI is InChI=1S/C18H26N6O4S/c1-29(26,27)23-6-4-14(12-23)17-21-20-16-3-2-15(13-24(16)17)18(25)19-5-7-22-8-10-28-11-9-22/h2-3,13-14H,4-12H2,1H3,(H,19,25)/t14-/m1/s1. The molecule has 0 unspecified atom stereocenters. The fourth-order valence-corrected chi connectivity index (χ4v) is 4.70. The number of hydrogen-bond donors (Lipinski definition) is 1. The van der Waals surface area contributed by atoms with Gasteiger partial charge in [-0.2, -0.15) is 0 Å². The second kappa shape index (κ2) is 8.34. The number of carbonyl (C=O) groups excluding carboxylic acids is 1. The van der Waals surface area contributed by atoms with Gasteiger partial charge in [0.15, 0.2) is 5.65 Å². The third-order valence-electron chi connectivity index (χ3n) is 5.49. The number of ether oxygens (including phenoxy) is 1. The highest BCUT2D eigenvalue weighted by Crippen LogP contribution is 2.27. The molecule has 11 heteroatoms. The average Bonchev–Trinajstić information content (AvgIpc) is 3.35. The molecule has 0 saturated carbocycles. The number of morpholine rings is 1. The second-order valence-electron chi connectivity index (χ2n) is 7.52. The molecule has 4 rings (SSSR count). The zero-order chi connectivity index (χ0) is 20.4. The molecule has 1 atom stereocenters. The van der Waals surface area contributed by atoms with Crippen molar-refractivity contribution in [2.24, 2.45) is 0 Å². The number of nitrogens with zero attached hydrogens (tertiary/aromatic N) is 5. The number of aromatic nitrogens is 3. The summed E-state index contributed by atoms with van der Waals surface area (Å²) in [6.07, 6.45) is 3.64. The van der Waals surface area contributed by atoms with Gasteiger partial charge in [-0.25, -0.2) is 12.7 Å². The van der Waals surface area contributed by atoms with E-state index in [1.165, 1.54) is 10.6 Å². The lowest BCUT2D eigenvalue weighted by Gasteiger charge is -2.26. The maximum Gasteiger partial charge on any atom is 0.252 e. The van der Waals surface area contributed by atoms with Crippen molar-refractivity contribution in [1.29, 1.82) is 0 Å². The first kappa shape index (κ1) is 20.2. The lowest BCUT2D eigenvalue weighted by atomic mass is 10.1. The third-order valence-corrected chi connectivity index (χ3v) is 6.76. The second-order valence-corrected chi connectivity index (χ2v) is 9.50. The summed E-state index contributed by atoms with van der Waals surface area (Å²) in [5, 5.41) is 11.4. The largest absolute Gasteiger partial charge is 0.379 e. The molecule has 2 saturated heterocycles. The predicted molar refractivity (Wildman–Crippen MR) is 106 cm³/mol. The quantitative estimate of drug-likeness (QED) is 0.671. The highest BCUT2D eigenvalue weighted by molar-refractivity contribution is 7.88. The van der Waals surface area contributed by atoms with E-state index in [9.17, 15) is 13.2 Å². The monoisotopic (exact) mass is 422 g/mol. The zero-order valence-electron chi connectivity index (χ0n) is 16.5. The molecule has 0 aliphatic carbocycles. The number of pyridine rings is 1. The van der Waals surface area contributed by atoms with Crippen molar-refractivity contribution in [3.63, 3.8) is 0 Å². The van der Waals surface area contributed by atoms with Crippen molar-refractivity contribution in [2.75, 3.05) is 58.7 Å². The first-order chi connectivity index (χ1) is 13.9. The van der Waals surface area contributed by atoms with Crippen LogP contribution in [0.4, 0.5) is 0 Å². The molecular formula is C18H26N6O4S. The minimum absolute atomic E-state index is 0.0423. The molecule has 0 bridgehead atoms. The van der Waals surface area contributed by atoms with Crippen LogP contribution in [0.1, 0.15) is 28.5 Å². The van der Waals surface area contributed by atoms with Gasteiger partial charge >= 0.3 is 0 Å². The first-order valence-electron chi connectivity index (χ1n) is 9.80. The minimum atomic E-state index is -3.22. The Bertz CT molecular complexity index is 985. The van der Waals surface area contributed by atoms with Gasteiger partial charge in [0.2, 0.25) is 10.0 Å². The molecule has 0 aromatic carbocycles. The van der Waals surface area contributed by atoms with Gasteiger partial charge in [-0.15, -0.1) is 10.2 Å². The maximum atomic E-state index is 12.6. The van der Waals surface area contributed by atoms with Crippen LogP contribution < -0.4 is 5.32 Å². The Hall–Kier alpha value is -2.08. The van der Waals surface area contributed by atoms with E-state index >= 15 is 0 Å². The number of fused-ring (bicyclic) bond motifs is 1. The zero-order valence-corrected chi connectivity index (χ0v) is 17.3. The number of nitrogens with one attached hydrogen (secondary N) is 1. The Kier molecular flexibility index (Phi) is 5.81. The lowest BCUT2D eigenvalue weighted by Crippen LogP contribution is -2.41. The Balaban J connectivity index is 1.43. The maximum absolute atomic E-state index is 12.6. The number of carbonyl (C=O) groups is 1. The third kappa shape index (κ3) is 4.58. The van der Waals surface area contributed by atoms with Gasteiger partial charge in [0.25, 0.3) is 5.91 Å². The highest BCUT2D eigenvalue weighted by atomic mass is 32.2. The molecule has 158 valence electrons. The number of amides is 1. The molecule has 2 fully saturated rings. The Morgan fingerprint density at radius 3 is 2.76 bits per heavy atom. The van der Waals surface area contributed by atoms with Crippen LogP contribution in [0.25, 0.3) is 5.65 Å². The minimum Gasteiger partial charge on any atom is -0.379 e. The van der Waals surface area contributed by atoms with Gasteiger partial charge in [0, 0.05) is 51.4 Å². The summed E-state index contributed by atoms with van der Waals surface area (Å²) < 4.78 is 32.2. The molecule has 2 aromatic rings. The van der Waals surface area contributed by atoms with Crippen LogP contribution in [0.5, 0.6) is 0 Å². The van der Waals surface area contributed by atoms with Crippen molar-refractivity contribution in [3.8, 4) is 0 Å². The van der Waals surface area contributed by atoms with Gasteiger partial charge in [-0.3, -0.25) is 14.1 Å². The summed E-state index contributed by atoms with van der Waals surface area (Å²) in [5.41, 5.74) is 1.17. The molecule has 0 radical (unpaired) electrons.